The van der Waals surface area contributed by atoms with Crippen molar-refractivity contribution >= 4 is 22.4 Å². The van der Waals surface area contributed by atoms with Crippen molar-refractivity contribution in [1.82, 2.24) is 5.32 Å². The number of ether oxygens (including phenoxy) is 1. The van der Waals surface area contributed by atoms with Gasteiger partial charge in [0.2, 0.25) is 5.91 Å². The van der Waals surface area contributed by atoms with Gasteiger partial charge in [0.25, 0.3) is 0 Å². The molecule has 144 valence electrons. The number of furan rings is 1. The van der Waals surface area contributed by atoms with Crippen molar-refractivity contribution in [3.8, 4) is 5.75 Å². The van der Waals surface area contributed by atoms with Gasteiger partial charge in [0, 0.05) is 40.6 Å². The van der Waals surface area contributed by atoms with Crippen LogP contribution in [0.1, 0.15) is 67.9 Å². The second-order valence-corrected chi connectivity index (χ2v) is 7.99. The summed E-state index contributed by atoms with van der Waals surface area (Å²) in [6.07, 6.45) is 10.8. The lowest BCUT2D eigenvalue weighted by Crippen LogP contribution is -2.31. The molecule has 0 unspecified atom stereocenters. The zero-order chi connectivity index (χ0) is 19.0. The summed E-state index contributed by atoms with van der Waals surface area (Å²) in [7, 11) is 1.69. The van der Waals surface area contributed by atoms with Crippen LogP contribution in [0.3, 0.4) is 0 Å². The molecule has 2 aliphatic rings. The average Bonchev–Trinajstić information content (AvgIpc) is 3.29. The number of rotatable bonds is 4. The Hall–Kier alpha value is -2.23. The Morgan fingerprint density at radius 2 is 1.96 bits per heavy atom. The lowest BCUT2D eigenvalue weighted by Gasteiger charge is -2.14. The normalized spacial score (nSPS) is 18.0. The van der Waals surface area contributed by atoms with Crippen LogP contribution in [0.25, 0.3) is 16.5 Å². The Labute approximate surface area is 161 Å². The van der Waals surface area contributed by atoms with E-state index in [1.807, 2.05) is 13.8 Å². The van der Waals surface area contributed by atoms with Gasteiger partial charge < -0.3 is 14.5 Å². The van der Waals surface area contributed by atoms with Gasteiger partial charge >= 0.3 is 0 Å². The number of amides is 1. The highest BCUT2D eigenvalue weighted by molar-refractivity contribution is 5.98. The maximum atomic E-state index is 12.5. The SMILES string of the molecule is COc1c(/C(C)=C/C(=O)NC2CCCC2)cc2c3c(oc2c1C)CCCC3. The fourth-order valence-electron chi connectivity index (χ4n) is 4.68. The van der Waals surface area contributed by atoms with Crippen molar-refractivity contribution in [2.24, 2.45) is 0 Å². The van der Waals surface area contributed by atoms with Gasteiger partial charge in [-0.3, -0.25) is 4.79 Å². The molecule has 1 aromatic heterocycles. The number of carbonyl (C=O) groups excluding carboxylic acids is 1. The van der Waals surface area contributed by atoms with Crippen LogP contribution in [-0.2, 0) is 17.6 Å². The van der Waals surface area contributed by atoms with Crippen molar-refractivity contribution < 1.29 is 13.9 Å². The fourth-order valence-corrected chi connectivity index (χ4v) is 4.68. The second-order valence-electron chi connectivity index (χ2n) is 7.99. The van der Waals surface area contributed by atoms with Crippen molar-refractivity contribution in [3.63, 3.8) is 0 Å². The molecule has 27 heavy (non-hydrogen) atoms. The van der Waals surface area contributed by atoms with Crippen LogP contribution in [0, 0.1) is 6.92 Å². The molecule has 0 atom stereocenters. The van der Waals surface area contributed by atoms with E-state index < -0.39 is 0 Å². The highest BCUT2D eigenvalue weighted by Gasteiger charge is 2.23. The molecule has 1 saturated carbocycles. The van der Waals surface area contributed by atoms with E-state index in [-0.39, 0.29) is 5.91 Å². The lowest BCUT2D eigenvalue weighted by molar-refractivity contribution is -0.117. The molecular weight excluding hydrogens is 338 g/mol. The third kappa shape index (κ3) is 3.38. The fraction of sp³-hybridized carbons (Fsp3) is 0.522. The molecule has 0 radical (unpaired) electrons. The summed E-state index contributed by atoms with van der Waals surface area (Å²) in [5.74, 6) is 1.92. The van der Waals surface area contributed by atoms with Crippen molar-refractivity contribution in [1.29, 1.82) is 0 Å². The predicted molar refractivity (Wildman–Crippen MR) is 108 cm³/mol. The number of benzene rings is 1. The molecule has 0 aliphatic heterocycles. The summed E-state index contributed by atoms with van der Waals surface area (Å²) < 4.78 is 11.9. The highest BCUT2D eigenvalue weighted by Crippen LogP contribution is 2.41. The molecular formula is C23H29NO3. The van der Waals surface area contributed by atoms with Gasteiger partial charge in [-0.15, -0.1) is 0 Å². The Morgan fingerprint density at radius 1 is 1.22 bits per heavy atom. The zero-order valence-electron chi connectivity index (χ0n) is 16.6. The van der Waals surface area contributed by atoms with Crippen LogP contribution >= 0.6 is 0 Å². The lowest BCUT2D eigenvalue weighted by atomic mass is 9.93. The molecule has 2 aromatic rings. The topological polar surface area (TPSA) is 51.5 Å². The van der Waals surface area contributed by atoms with E-state index in [2.05, 4.69) is 11.4 Å². The number of aryl methyl sites for hydroxylation is 3. The molecule has 1 N–H and O–H groups in total. The first-order valence-electron chi connectivity index (χ1n) is 10.2. The first-order chi connectivity index (χ1) is 13.1. The van der Waals surface area contributed by atoms with Crippen molar-refractivity contribution in [3.05, 3.63) is 34.6 Å². The molecule has 1 heterocycles. The van der Waals surface area contributed by atoms with Gasteiger partial charge in [0.15, 0.2) is 0 Å². The molecule has 0 saturated heterocycles. The summed E-state index contributed by atoms with van der Waals surface area (Å²) >= 11 is 0. The second kappa shape index (κ2) is 7.41. The minimum atomic E-state index is -0.00609. The summed E-state index contributed by atoms with van der Waals surface area (Å²) in [4.78, 5) is 12.5. The van der Waals surface area contributed by atoms with Crippen molar-refractivity contribution in [2.45, 2.75) is 71.3 Å². The molecule has 2 aliphatic carbocycles. The monoisotopic (exact) mass is 367 g/mol. The minimum Gasteiger partial charge on any atom is -0.496 e. The molecule has 4 nitrogen and oxygen atoms in total. The molecule has 4 heteroatoms. The maximum Gasteiger partial charge on any atom is 0.244 e. The van der Waals surface area contributed by atoms with Gasteiger partial charge in [-0.05, 0) is 57.6 Å². The van der Waals surface area contributed by atoms with Crippen molar-refractivity contribution in [2.75, 3.05) is 7.11 Å². The summed E-state index contributed by atoms with van der Waals surface area (Å²) in [6.45, 7) is 4.04. The smallest absolute Gasteiger partial charge is 0.244 e. The number of methoxy groups -OCH3 is 1. The van der Waals surface area contributed by atoms with E-state index in [4.69, 9.17) is 9.15 Å². The van der Waals surface area contributed by atoms with E-state index in [9.17, 15) is 4.79 Å². The van der Waals surface area contributed by atoms with E-state index in [0.29, 0.717) is 6.04 Å². The number of nitrogens with one attached hydrogen (secondary N) is 1. The summed E-state index contributed by atoms with van der Waals surface area (Å²) in [6, 6.07) is 2.48. The number of hydrogen-bond donors (Lipinski definition) is 1. The summed E-state index contributed by atoms with van der Waals surface area (Å²) in [5, 5.41) is 4.32. The molecule has 1 fully saturated rings. The Bertz CT molecular complexity index is 900. The van der Waals surface area contributed by atoms with Crippen LogP contribution in [0.15, 0.2) is 16.6 Å². The number of carbonyl (C=O) groups is 1. The molecule has 0 spiro atoms. The average molecular weight is 367 g/mol. The first kappa shape index (κ1) is 18.1. The zero-order valence-corrected chi connectivity index (χ0v) is 16.6. The van der Waals surface area contributed by atoms with Crippen LogP contribution in [0.2, 0.25) is 0 Å². The minimum absolute atomic E-state index is 0.00609. The Balaban J connectivity index is 1.73. The molecule has 4 rings (SSSR count). The molecule has 0 bridgehead atoms. The standard InChI is InChI=1S/C23H29NO3/c1-14(12-21(25)24-16-8-4-5-9-16)18-13-19-17-10-6-7-11-20(17)27-23(19)15(2)22(18)26-3/h12-13,16H,4-11H2,1-3H3,(H,24,25)/b14-12+. The Kier molecular flexibility index (Phi) is 4.98. The van der Waals surface area contributed by atoms with Gasteiger partial charge in [-0.1, -0.05) is 12.8 Å². The number of allylic oxidation sites excluding steroid dienone is 1. The van der Waals surface area contributed by atoms with Crippen LogP contribution < -0.4 is 10.1 Å². The summed E-state index contributed by atoms with van der Waals surface area (Å²) in [5.41, 5.74) is 5.21. The van der Waals surface area contributed by atoms with Crippen LogP contribution in [-0.4, -0.2) is 19.1 Å². The third-order valence-corrected chi connectivity index (χ3v) is 6.10. The maximum absolute atomic E-state index is 12.5. The van der Waals surface area contributed by atoms with E-state index in [1.54, 1.807) is 13.2 Å². The molecule has 1 aromatic carbocycles. The largest absolute Gasteiger partial charge is 0.496 e. The van der Waals surface area contributed by atoms with Gasteiger partial charge in [0.05, 0.1) is 7.11 Å². The van der Waals surface area contributed by atoms with E-state index >= 15 is 0 Å². The number of hydrogen-bond acceptors (Lipinski definition) is 3. The first-order valence-corrected chi connectivity index (χ1v) is 10.2. The quantitative estimate of drug-likeness (QED) is 0.766. The predicted octanol–water partition coefficient (Wildman–Crippen LogP) is 5.09. The third-order valence-electron chi connectivity index (χ3n) is 6.10. The van der Waals surface area contributed by atoms with Crippen LogP contribution in [0.5, 0.6) is 5.75 Å². The van der Waals surface area contributed by atoms with E-state index in [0.717, 1.165) is 59.5 Å². The number of fused-ring (bicyclic) bond motifs is 3. The van der Waals surface area contributed by atoms with Crippen LogP contribution in [0.4, 0.5) is 0 Å². The van der Waals surface area contributed by atoms with Gasteiger partial charge in [0.1, 0.15) is 17.1 Å². The highest BCUT2D eigenvalue weighted by atomic mass is 16.5. The van der Waals surface area contributed by atoms with Gasteiger partial charge in [-0.25, -0.2) is 0 Å². The van der Waals surface area contributed by atoms with E-state index in [1.165, 1.54) is 36.6 Å². The Morgan fingerprint density at radius 3 is 2.70 bits per heavy atom. The van der Waals surface area contributed by atoms with Gasteiger partial charge in [-0.2, -0.15) is 0 Å². The molecule has 1 amide bonds.